The molecule has 8 heteroatoms. The minimum absolute atomic E-state index is 0.303. The monoisotopic (exact) mass is 287 g/mol. The Morgan fingerprint density at radius 2 is 1.95 bits per heavy atom. The minimum atomic E-state index is -0.424. The molecule has 0 spiro atoms. The van der Waals surface area contributed by atoms with Crippen molar-refractivity contribution in [1.29, 1.82) is 0 Å². The van der Waals surface area contributed by atoms with E-state index in [0.717, 1.165) is 4.57 Å². The van der Waals surface area contributed by atoms with Crippen molar-refractivity contribution >= 4 is 23.3 Å². The Bertz CT molecular complexity index is 957. The summed E-state index contributed by atoms with van der Waals surface area (Å²) in [7, 11) is 4.68. The van der Waals surface area contributed by atoms with Gasteiger partial charge in [0.25, 0.3) is 5.56 Å². The third-order valence-electron chi connectivity index (χ3n) is 3.30. The van der Waals surface area contributed by atoms with Crippen LogP contribution >= 0.6 is 0 Å². The first-order valence-corrected chi connectivity index (χ1v) is 6.20. The zero-order valence-corrected chi connectivity index (χ0v) is 11.8. The van der Waals surface area contributed by atoms with E-state index in [4.69, 9.17) is 4.42 Å². The van der Waals surface area contributed by atoms with Crippen LogP contribution in [0.5, 0.6) is 0 Å². The number of aromatic nitrogens is 4. The van der Waals surface area contributed by atoms with Crippen molar-refractivity contribution in [1.82, 2.24) is 18.7 Å². The highest BCUT2D eigenvalue weighted by Crippen LogP contribution is 2.15. The molecule has 0 radical (unpaired) electrons. The molecule has 0 fully saturated rings. The van der Waals surface area contributed by atoms with Crippen LogP contribution in [0.2, 0.25) is 0 Å². The number of aliphatic imine (C=N–C) groups is 1. The summed E-state index contributed by atoms with van der Waals surface area (Å²) >= 11 is 0. The molecule has 0 N–H and O–H groups in total. The maximum atomic E-state index is 12.2. The SMILES string of the molecule is Cn1c(=O)c2c(nc(/N=C/c3ccco3)n2C)n(C)c1=O. The second kappa shape index (κ2) is 4.58. The average Bonchev–Trinajstić information content (AvgIpc) is 3.09. The Kier molecular flexibility index (Phi) is 2.86. The molecule has 0 saturated carbocycles. The highest BCUT2D eigenvalue weighted by molar-refractivity contribution is 5.80. The number of furan rings is 1. The van der Waals surface area contributed by atoms with Gasteiger partial charge < -0.3 is 8.98 Å². The molecule has 0 aliphatic rings. The maximum Gasteiger partial charge on any atom is 0.332 e. The number of imidazole rings is 1. The Morgan fingerprint density at radius 1 is 1.19 bits per heavy atom. The molecule has 3 rings (SSSR count). The molecular formula is C13H13N5O3. The van der Waals surface area contributed by atoms with E-state index in [1.807, 2.05) is 0 Å². The molecule has 21 heavy (non-hydrogen) atoms. The summed E-state index contributed by atoms with van der Waals surface area (Å²) in [6.45, 7) is 0. The van der Waals surface area contributed by atoms with Crippen molar-refractivity contribution in [3.8, 4) is 0 Å². The van der Waals surface area contributed by atoms with Crippen LogP contribution in [0, 0.1) is 0 Å². The number of fused-ring (bicyclic) bond motifs is 1. The first-order valence-electron chi connectivity index (χ1n) is 6.20. The van der Waals surface area contributed by atoms with Gasteiger partial charge in [-0.15, -0.1) is 0 Å². The van der Waals surface area contributed by atoms with Crippen LogP contribution in [-0.4, -0.2) is 24.9 Å². The highest BCUT2D eigenvalue weighted by atomic mass is 16.3. The van der Waals surface area contributed by atoms with Crippen molar-refractivity contribution < 1.29 is 4.42 Å². The third-order valence-corrected chi connectivity index (χ3v) is 3.30. The lowest BCUT2D eigenvalue weighted by Crippen LogP contribution is -2.37. The smallest absolute Gasteiger partial charge is 0.332 e. The number of rotatable bonds is 2. The van der Waals surface area contributed by atoms with Crippen molar-refractivity contribution in [2.24, 2.45) is 26.1 Å². The summed E-state index contributed by atoms with van der Waals surface area (Å²) in [5.74, 6) is 0.892. The van der Waals surface area contributed by atoms with Gasteiger partial charge in [0.2, 0.25) is 5.95 Å². The molecule has 3 aromatic heterocycles. The summed E-state index contributed by atoms with van der Waals surface area (Å²) in [4.78, 5) is 32.5. The molecule has 0 aliphatic heterocycles. The largest absolute Gasteiger partial charge is 0.463 e. The van der Waals surface area contributed by atoms with E-state index in [-0.39, 0.29) is 0 Å². The average molecular weight is 287 g/mol. The lowest BCUT2D eigenvalue weighted by Gasteiger charge is -2.02. The maximum absolute atomic E-state index is 12.2. The normalized spacial score (nSPS) is 11.8. The summed E-state index contributed by atoms with van der Waals surface area (Å²) < 4.78 is 9.07. The zero-order chi connectivity index (χ0) is 15.1. The van der Waals surface area contributed by atoms with E-state index >= 15 is 0 Å². The molecule has 0 atom stereocenters. The third kappa shape index (κ3) is 1.92. The highest BCUT2D eigenvalue weighted by Gasteiger charge is 2.16. The number of hydrogen-bond acceptors (Lipinski definition) is 5. The lowest BCUT2D eigenvalue weighted by atomic mass is 10.5. The van der Waals surface area contributed by atoms with E-state index in [9.17, 15) is 9.59 Å². The second-order valence-electron chi connectivity index (χ2n) is 4.62. The van der Waals surface area contributed by atoms with Crippen molar-refractivity contribution in [2.75, 3.05) is 0 Å². The van der Waals surface area contributed by atoms with Gasteiger partial charge in [-0.2, -0.15) is 4.98 Å². The molecule has 0 amide bonds. The molecule has 3 aromatic rings. The van der Waals surface area contributed by atoms with Crippen LogP contribution in [0.4, 0.5) is 5.95 Å². The van der Waals surface area contributed by atoms with Gasteiger partial charge in [0.1, 0.15) is 5.76 Å². The molecule has 0 saturated heterocycles. The van der Waals surface area contributed by atoms with Crippen molar-refractivity contribution in [3.05, 3.63) is 45.0 Å². The van der Waals surface area contributed by atoms with Gasteiger partial charge in [-0.05, 0) is 12.1 Å². The fraction of sp³-hybridized carbons (Fsp3) is 0.231. The molecule has 0 bridgehead atoms. The molecule has 3 heterocycles. The van der Waals surface area contributed by atoms with Crippen LogP contribution in [0.15, 0.2) is 37.4 Å². The fourth-order valence-corrected chi connectivity index (χ4v) is 2.11. The van der Waals surface area contributed by atoms with Crippen LogP contribution in [0.1, 0.15) is 5.76 Å². The quantitative estimate of drug-likeness (QED) is 0.635. The first kappa shape index (κ1) is 13.1. The van der Waals surface area contributed by atoms with E-state index in [2.05, 4.69) is 9.98 Å². The van der Waals surface area contributed by atoms with Crippen LogP contribution in [0.3, 0.4) is 0 Å². The summed E-state index contributed by atoms with van der Waals surface area (Å²) in [5.41, 5.74) is -0.196. The Balaban J connectivity index is 2.26. The van der Waals surface area contributed by atoms with E-state index in [1.54, 1.807) is 30.8 Å². The van der Waals surface area contributed by atoms with Gasteiger partial charge >= 0.3 is 5.69 Å². The van der Waals surface area contributed by atoms with Crippen LogP contribution in [-0.2, 0) is 21.1 Å². The Hall–Kier alpha value is -2.90. The molecule has 0 unspecified atom stereocenters. The number of nitrogens with zero attached hydrogens (tertiary/aromatic N) is 5. The van der Waals surface area contributed by atoms with Gasteiger partial charge in [-0.3, -0.25) is 13.9 Å². The Morgan fingerprint density at radius 3 is 2.62 bits per heavy atom. The zero-order valence-electron chi connectivity index (χ0n) is 11.8. The van der Waals surface area contributed by atoms with E-state index < -0.39 is 11.2 Å². The van der Waals surface area contributed by atoms with Gasteiger partial charge in [0, 0.05) is 21.1 Å². The molecule has 0 aromatic carbocycles. The molecule has 0 aliphatic carbocycles. The molecule has 8 nitrogen and oxygen atoms in total. The van der Waals surface area contributed by atoms with Gasteiger partial charge in [0.05, 0.1) is 12.5 Å². The van der Waals surface area contributed by atoms with Crippen molar-refractivity contribution in [2.45, 2.75) is 0 Å². The van der Waals surface area contributed by atoms with Crippen LogP contribution < -0.4 is 11.2 Å². The predicted octanol–water partition coefficient (Wildman–Crippen LogP) is 0.314. The predicted molar refractivity (Wildman–Crippen MR) is 77.2 cm³/mol. The topological polar surface area (TPSA) is 87.3 Å². The standard InChI is InChI=1S/C13H13N5O3/c1-16-9-10(17(2)13(20)18(3)11(9)19)15-12(16)14-7-8-5-4-6-21-8/h4-7H,1-3H3/b14-7+. The summed E-state index contributed by atoms with van der Waals surface area (Å²) in [6, 6.07) is 3.50. The van der Waals surface area contributed by atoms with Gasteiger partial charge in [0.15, 0.2) is 11.2 Å². The lowest BCUT2D eigenvalue weighted by molar-refractivity contribution is 0.560. The minimum Gasteiger partial charge on any atom is -0.463 e. The summed E-state index contributed by atoms with van der Waals surface area (Å²) in [5, 5.41) is 0. The number of hydrogen-bond donors (Lipinski definition) is 0. The van der Waals surface area contributed by atoms with E-state index in [0.29, 0.717) is 22.9 Å². The molecular weight excluding hydrogens is 274 g/mol. The van der Waals surface area contributed by atoms with Gasteiger partial charge in [-0.25, -0.2) is 9.79 Å². The van der Waals surface area contributed by atoms with Crippen LogP contribution in [0.25, 0.3) is 11.2 Å². The second-order valence-corrected chi connectivity index (χ2v) is 4.62. The van der Waals surface area contributed by atoms with E-state index in [1.165, 1.54) is 24.1 Å². The molecule has 108 valence electrons. The number of aryl methyl sites for hydroxylation is 2. The first-order chi connectivity index (χ1) is 10.0. The van der Waals surface area contributed by atoms with Gasteiger partial charge in [-0.1, -0.05) is 0 Å². The fourth-order valence-electron chi connectivity index (χ4n) is 2.11. The van der Waals surface area contributed by atoms with Crippen molar-refractivity contribution in [3.63, 3.8) is 0 Å². The summed E-state index contributed by atoms with van der Waals surface area (Å²) in [6.07, 6.45) is 3.04. The Labute approximate surface area is 118 Å².